The Hall–Kier alpha value is -0.940. The first-order valence-electron chi connectivity index (χ1n) is 7.29. The number of hydrogen-bond donors (Lipinski definition) is 1. The van der Waals surface area contributed by atoms with Crippen molar-refractivity contribution >= 4 is 23.5 Å². The number of nitrogens with zero attached hydrogens (tertiary/aromatic N) is 1. The van der Waals surface area contributed by atoms with Crippen LogP contribution < -0.4 is 5.43 Å². The molecule has 0 aliphatic carbocycles. The third kappa shape index (κ3) is 4.51. The van der Waals surface area contributed by atoms with E-state index in [2.05, 4.69) is 65.0 Å². The molecular formula is C17H20N2S2. The molecule has 1 saturated heterocycles. The van der Waals surface area contributed by atoms with Gasteiger partial charge in [0.15, 0.2) is 0 Å². The van der Waals surface area contributed by atoms with Gasteiger partial charge in [0.05, 0.1) is 0 Å². The van der Waals surface area contributed by atoms with Gasteiger partial charge in [0.1, 0.15) is 0 Å². The minimum absolute atomic E-state index is 0.903. The summed E-state index contributed by atoms with van der Waals surface area (Å²) in [6.07, 6.45) is 0. The quantitative estimate of drug-likeness (QED) is 0.899. The number of nitrogens with one attached hydrogen (secondary N) is 1. The lowest BCUT2D eigenvalue weighted by Gasteiger charge is -2.27. The van der Waals surface area contributed by atoms with Crippen LogP contribution in [0.4, 0.5) is 0 Å². The molecule has 21 heavy (non-hydrogen) atoms. The highest BCUT2D eigenvalue weighted by Gasteiger charge is 2.10. The average Bonchev–Trinajstić information content (AvgIpc) is 2.56. The van der Waals surface area contributed by atoms with Gasteiger partial charge in [-0.15, -0.1) is 0 Å². The molecule has 2 nitrogen and oxygen atoms in total. The van der Waals surface area contributed by atoms with Gasteiger partial charge < -0.3 is 0 Å². The number of hydrazine groups is 1. The van der Waals surface area contributed by atoms with Crippen molar-refractivity contribution in [3.8, 4) is 0 Å². The van der Waals surface area contributed by atoms with Crippen molar-refractivity contribution in [2.75, 3.05) is 24.6 Å². The average molecular weight is 316 g/mol. The first kappa shape index (κ1) is 15.0. The molecule has 4 heteroatoms. The molecule has 0 spiro atoms. The molecule has 2 aromatic carbocycles. The van der Waals surface area contributed by atoms with Crippen molar-refractivity contribution in [2.24, 2.45) is 0 Å². The zero-order chi connectivity index (χ0) is 14.3. The minimum atomic E-state index is 0.903. The fourth-order valence-electron chi connectivity index (χ4n) is 2.28. The summed E-state index contributed by atoms with van der Waals surface area (Å²) < 4.78 is 0. The summed E-state index contributed by atoms with van der Waals surface area (Å²) in [5.41, 5.74) is 4.94. The maximum absolute atomic E-state index is 3.57. The van der Waals surface area contributed by atoms with Crippen molar-refractivity contribution in [1.29, 1.82) is 0 Å². The van der Waals surface area contributed by atoms with Gasteiger partial charge in [-0.25, -0.2) is 5.01 Å². The molecule has 3 rings (SSSR count). The van der Waals surface area contributed by atoms with Gasteiger partial charge in [-0.3, -0.25) is 5.43 Å². The summed E-state index contributed by atoms with van der Waals surface area (Å²) in [5, 5.41) is 2.35. The maximum atomic E-state index is 3.57. The van der Waals surface area contributed by atoms with Gasteiger partial charge in [-0.2, -0.15) is 11.8 Å². The topological polar surface area (TPSA) is 15.3 Å². The molecule has 0 aromatic heterocycles. The SMILES string of the molecule is c1ccc(Sc2ccccc2CNN2CCSCC2)cc1. The predicted molar refractivity (Wildman–Crippen MR) is 92.7 cm³/mol. The Labute approximate surface area is 135 Å². The minimum Gasteiger partial charge on any atom is -0.251 e. The molecule has 0 saturated carbocycles. The summed E-state index contributed by atoms with van der Waals surface area (Å²) in [4.78, 5) is 2.63. The van der Waals surface area contributed by atoms with Crippen LogP contribution in [0.5, 0.6) is 0 Å². The van der Waals surface area contributed by atoms with E-state index < -0.39 is 0 Å². The van der Waals surface area contributed by atoms with Crippen molar-refractivity contribution in [3.63, 3.8) is 0 Å². The molecule has 0 bridgehead atoms. The summed E-state index contributed by atoms with van der Waals surface area (Å²) >= 11 is 3.88. The highest BCUT2D eigenvalue weighted by molar-refractivity contribution is 7.99. The van der Waals surface area contributed by atoms with Crippen LogP contribution in [0.1, 0.15) is 5.56 Å². The van der Waals surface area contributed by atoms with E-state index in [-0.39, 0.29) is 0 Å². The zero-order valence-electron chi connectivity index (χ0n) is 12.0. The molecule has 1 aliphatic rings. The molecular weight excluding hydrogens is 296 g/mol. The summed E-state index contributed by atoms with van der Waals surface area (Å²) in [5.74, 6) is 2.46. The fourth-order valence-corrected chi connectivity index (χ4v) is 4.15. The normalized spacial score (nSPS) is 16.0. The fraction of sp³-hybridized carbons (Fsp3) is 0.294. The Morgan fingerprint density at radius 1 is 0.952 bits per heavy atom. The maximum Gasteiger partial charge on any atom is 0.0364 e. The highest BCUT2D eigenvalue weighted by Crippen LogP contribution is 2.30. The van der Waals surface area contributed by atoms with Gasteiger partial charge in [0.2, 0.25) is 0 Å². The molecule has 0 atom stereocenters. The zero-order valence-corrected chi connectivity index (χ0v) is 13.6. The standard InChI is InChI=1S/C17H20N2S2/c1-2-7-16(8-3-1)21-17-9-5-4-6-15(17)14-18-19-10-12-20-13-11-19/h1-9,18H,10-14H2. The lowest BCUT2D eigenvalue weighted by Crippen LogP contribution is -2.43. The van der Waals surface area contributed by atoms with Crippen molar-refractivity contribution < 1.29 is 0 Å². The van der Waals surface area contributed by atoms with E-state index in [0.29, 0.717) is 0 Å². The van der Waals surface area contributed by atoms with Gasteiger partial charge >= 0.3 is 0 Å². The smallest absolute Gasteiger partial charge is 0.0364 e. The van der Waals surface area contributed by atoms with Crippen LogP contribution in [-0.2, 0) is 6.54 Å². The van der Waals surface area contributed by atoms with Crippen LogP contribution >= 0.6 is 23.5 Å². The Kier molecular flexibility index (Phi) is 5.63. The van der Waals surface area contributed by atoms with E-state index in [0.717, 1.165) is 19.6 Å². The number of rotatable bonds is 5. The van der Waals surface area contributed by atoms with Crippen molar-refractivity contribution in [2.45, 2.75) is 16.3 Å². The van der Waals surface area contributed by atoms with E-state index in [1.807, 2.05) is 23.5 Å². The molecule has 0 unspecified atom stereocenters. The van der Waals surface area contributed by atoms with Gasteiger partial charge in [0.25, 0.3) is 0 Å². The van der Waals surface area contributed by atoms with E-state index >= 15 is 0 Å². The van der Waals surface area contributed by atoms with Crippen LogP contribution in [-0.4, -0.2) is 29.6 Å². The number of thioether (sulfide) groups is 1. The lowest BCUT2D eigenvalue weighted by molar-refractivity contribution is 0.204. The molecule has 110 valence electrons. The third-order valence-corrected chi connectivity index (χ3v) is 5.52. The van der Waals surface area contributed by atoms with Gasteiger partial charge in [-0.05, 0) is 23.8 Å². The summed E-state index contributed by atoms with van der Waals surface area (Å²) in [6.45, 7) is 3.18. The Bertz CT molecular complexity index is 554. The van der Waals surface area contributed by atoms with Crippen LogP contribution in [0.2, 0.25) is 0 Å². The Balaban J connectivity index is 1.64. The van der Waals surface area contributed by atoms with Crippen molar-refractivity contribution in [1.82, 2.24) is 10.4 Å². The number of benzene rings is 2. The third-order valence-electron chi connectivity index (χ3n) is 3.45. The molecule has 1 fully saturated rings. The second-order valence-electron chi connectivity index (χ2n) is 4.96. The van der Waals surface area contributed by atoms with Crippen molar-refractivity contribution in [3.05, 3.63) is 60.2 Å². The Morgan fingerprint density at radius 2 is 1.67 bits per heavy atom. The van der Waals surface area contributed by atoms with Crippen LogP contribution in [0.3, 0.4) is 0 Å². The second kappa shape index (κ2) is 7.90. The number of hydrogen-bond acceptors (Lipinski definition) is 4. The first-order chi connectivity index (χ1) is 10.4. The molecule has 2 aromatic rings. The lowest BCUT2D eigenvalue weighted by atomic mass is 10.2. The van der Waals surface area contributed by atoms with E-state index in [1.54, 1.807) is 0 Å². The molecule has 1 aliphatic heterocycles. The van der Waals surface area contributed by atoms with E-state index in [9.17, 15) is 0 Å². The van der Waals surface area contributed by atoms with Crippen LogP contribution in [0, 0.1) is 0 Å². The summed E-state index contributed by atoms with van der Waals surface area (Å²) in [7, 11) is 0. The molecule has 1 heterocycles. The first-order valence-corrected chi connectivity index (χ1v) is 9.26. The monoisotopic (exact) mass is 316 g/mol. The van der Waals surface area contributed by atoms with Gasteiger partial charge in [0, 0.05) is 40.9 Å². The molecule has 1 N–H and O–H groups in total. The van der Waals surface area contributed by atoms with Crippen LogP contribution in [0.25, 0.3) is 0 Å². The van der Waals surface area contributed by atoms with E-state index in [1.165, 1.54) is 26.9 Å². The van der Waals surface area contributed by atoms with Crippen LogP contribution in [0.15, 0.2) is 64.4 Å². The Morgan fingerprint density at radius 3 is 2.48 bits per heavy atom. The largest absolute Gasteiger partial charge is 0.251 e. The molecule has 0 radical (unpaired) electrons. The molecule has 0 amide bonds. The predicted octanol–water partition coefficient (Wildman–Crippen LogP) is 3.89. The second-order valence-corrected chi connectivity index (χ2v) is 7.30. The summed E-state index contributed by atoms with van der Waals surface area (Å²) in [6, 6.07) is 19.2. The highest BCUT2D eigenvalue weighted by atomic mass is 32.2. The van der Waals surface area contributed by atoms with E-state index in [4.69, 9.17) is 0 Å². The van der Waals surface area contributed by atoms with Gasteiger partial charge in [-0.1, -0.05) is 48.2 Å².